The van der Waals surface area contributed by atoms with Gasteiger partial charge in [-0.25, -0.2) is 9.97 Å². The number of thiazole rings is 1. The van der Waals surface area contributed by atoms with Gasteiger partial charge >= 0.3 is 0 Å². The molecule has 1 aromatic carbocycles. The van der Waals surface area contributed by atoms with Crippen molar-refractivity contribution in [2.45, 2.75) is 6.54 Å². The van der Waals surface area contributed by atoms with Gasteiger partial charge in [0.1, 0.15) is 5.01 Å². The van der Waals surface area contributed by atoms with Crippen molar-refractivity contribution in [1.29, 1.82) is 0 Å². The highest BCUT2D eigenvalue weighted by Gasteiger charge is 2.08. The summed E-state index contributed by atoms with van der Waals surface area (Å²) >= 11 is 7.49. The largest absolute Gasteiger partial charge is 0.360 e. The predicted octanol–water partition coefficient (Wildman–Crippen LogP) is 2.91. The minimum atomic E-state index is 0.553. The molecule has 23 heavy (non-hydrogen) atoms. The first-order valence-corrected chi connectivity index (χ1v) is 8.02. The van der Waals surface area contributed by atoms with Gasteiger partial charge in [0.15, 0.2) is 5.82 Å². The number of fused-ring (bicyclic) bond motifs is 1. The number of hydrogen-bond donors (Lipinski definition) is 1. The molecule has 0 amide bonds. The van der Waals surface area contributed by atoms with E-state index in [1.54, 1.807) is 28.2 Å². The van der Waals surface area contributed by atoms with Crippen LogP contribution in [0.15, 0.2) is 42.0 Å². The first-order chi connectivity index (χ1) is 11.3. The first kappa shape index (κ1) is 14.0. The molecule has 0 aliphatic carbocycles. The van der Waals surface area contributed by atoms with Crippen LogP contribution >= 0.6 is 22.9 Å². The molecular weight excluding hydrogens is 334 g/mol. The van der Waals surface area contributed by atoms with Gasteiger partial charge in [-0.2, -0.15) is 4.52 Å². The van der Waals surface area contributed by atoms with E-state index in [2.05, 4.69) is 30.8 Å². The fourth-order valence-corrected chi connectivity index (χ4v) is 2.98. The third kappa shape index (κ3) is 2.86. The molecule has 0 radical (unpaired) electrons. The van der Waals surface area contributed by atoms with Crippen LogP contribution in [0.1, 0.15) is 5.01 Å². The summed E-state index contributed by atoms with van der Waals surface area (Å²) in [4.78, 5) is 8.88. The Kier molecular flexibility index (Phi) is 3.60. The lowest BCUT2D eigenvalue weighted by Crippen LogP contribution is -2.03. The monoisotopic (exact) mass is 343 g/mol. The Morgan fingerprint density at radius 2 is 2.09 bits per heavy atom. The van der Waals surface area contributed by atoms with Gasteiger partial charge in [-0.15, -0.1) is 16.4 Å². The zero-order valence-electron chi connectivity index (χ0n) is 11.7. The molecular formula is C14H10ClN7S. The Balaban J connectivity index is 1.52. The standard InChI is InChI=1S/C14H10ClN7S/c15-10-3-1-9(2-4-10)11-8-23-12(18-11)7-17-13-14-19-20-21-22(14)6-5-16-13/h1-6,8H,7H2,(H,16,17). The van der Waals surface area contributed by atoms with Crippen molar-refractivity contribution in [3.63, 3.8) is 0 Å². The normalized spacial score (nSPS) is 11.0. The fraction of sp³-hybridized carbons (Fsp3) is 0.0714. The van der Waals surface area contributed by atoms with E-state index in [9.17, 15) is 0 Å². The van der Waals surface area contributed by atoms with E-state index in [4.69, 9.17) is 11.6 Å². The number of hydrogen-bond acceptors (Lipinski definition) is 7. The van der Waals surface area contributed by atoms with Crippen LogP contribution in [0.4, 0.5) is 5.82 Å². The molecule has 7 nitrogen and oxygen atoms in total. The maximum absolute atomic E-state index is 5.91. The van der Waals surface area contributed by atoms with E-state index < -0.39 is 0 Å². The van der Waals surface area contributed by atoms with Gasteiger partial charge < -0.3 is 5.32 Å². The average molecular weight is 344 g/mol. The number of nitrogens with zero attached hydrogens (tertiary/aromatic N) is 6. The maximum atomic E-state index is 5.91. The number of aromatic nitrogens is 6. The molecule has 4 aromatic rings. The minimum absolute atomic E-state index is 0.553. The highest BCUT2D eigenvalue weighted by Crippen LogP contribution is 2.24. The summed E-state index contributed by atoms with van der Waals surface area (Å²) in [6.45, 7) is 0.553. The van der Waals surface area contributed by atoms with Gasteiger partial charge in [-0.3, -0.25) is 0 Å². The number of halogens is 1. The Bertz CT molecular complexity index is 947. The van der Waals surface area contributed by atoms with Crippen LogP contribution in [0.5, 0.6) is 0 Å². The lowest BCUT2D eigenvalue weighted by Gasteiger charge is -2.03. The summed E-state index contributed by atoms with van der Waals surface area (Å²) in [6, 6.07) is 7.63. The van der Waals surface area contributed by atoms with Crippen molar-refractivity contribution in [3.05, 3.63) is 52.1 Å². The quantitative estimate of drug-likeness (QED) is 0.613. The summed E-state index contributed by atoms with van der Waals surface area (Å²) in [6.07, 6.45) is 3.34. The second kappa shape index (κ2) is 5.90. The Morgan fingerprint density at radius 3 is 2.96 bits per heavy atom. The summed E-state index contributed by atoms with van der Waals surface area (Å²) in [7, 11) is 0. The predicted molar refractivity (Wildman–Crippen MR) is 88.5 cm³/mol. The van der Waals surface area contributed by atoms with E-state index in [1.165, 1.54) is 0 Å². The van der Waals surface area contributed by atoms with Gasteiger partial charge in [0, 0.05) is 22.2 Å². The Morgan fingerprint density at radius 1 is 1.22 bits per heavy atom. The van der Waals surface area contributed by atoms with Crippen LogP contribution in [-0.4, -0.2) is 30.0 Å². The fourth-order valence-electron chi connectivity index (χ4n) is 2.11. The van der Waals surface area contributed by atoms with Crippen molar-refractivity contribution in [3.8, 4) is 11.3 Å². The molecule has 0 saturated carbocycles. The highest BCUT2D eigenvalue weighted by molar-refractivity contribution is 7.09. The van der Waals surface area contributed by atoms with Crippen molar-refractivity contribution in [2.75, 3.05) is 5.32 Å². The van der Waals surface area contributed by atoms with Crippen LogP contribution in [-0.2, 0) is 6.54 Å². The number of benzene rings is 1. The van der Waals surface area contributed by atoms with Crippen molar-refractivity contribution >= 4 is 34.4 Å². The number of tetrazole rings is 1. The molecule has 0 fully saturated rings. The molecule has 9 heteroatoms. The van der Waals surface area contributed by atoms with Gasteiger partial charge in [0.2, 0.25) is 5.65 Å². The van der Waals surface area contributed by atoms with E-state index in [1.807, 2.05) is 29.6 Å². The molecule has 3 heterocycles. The number of rotatable bonds is 4. The van der Waals surface area contributed by atoms with Crippen LogP contribution < -0.4 is 5.32 Å². The van der Waals surface area contributed by atoms with Crippen LogP contribution in [0, 0.1) is 0 Å². The molecule has 0 bridgehead atoms. The number of anilines is 1. The van der Waals surface area contributed by atoms with Crippen LogP contribution in [0.3, 0.4) is 0 Å². The molecule has 0 aliphatic heterocycles. The summed E-state index contributed by atoms with van der Waals surface area (Å²) in [5, 5.41) is 18.3. The average Bonchev–Trinajstić information content (AvgIpc) is 3.23. The molecule has 0 unspecified atom stereocenters. The van der Waals surface area contributed by atoms with E-state index in [-0.39, 0.29) is 0 Å². The lowest BCUT2D eigenvalue weighted by atomic mass is 10.2. The molecule has 3 aromatic heterocycles. The van der Waals surface area contributed by atoms with Crippen molar-refractivity contribution in [1.82, 2.24) is 30.0 Å². The molecule has 4 rings (SSSR count). The summed E-state index contributed by atoms with van der Waals surface area (Å²) in [5.74, 6) is 0.626. The zero-order chi connectivity index (χ0) is 15.6. The van der Waals surface area contributed by atoms with E-state index in [0.29, 0.717) is 23.0 Å². The third-order valence-corrected chi connectivity index (χ3v) is 4.32. The maximum Gasteiger partial charge on any atom is 0.221 e. The Hall–Kier alpha value is -2.58. The van der Waals surface area contributed by atoms with Gasteiger partial charge in [0.05, 0.1) is 18.4 Å². The number of nitrogens with one attached hydrogen (secondary N) is 1. The Labute approximate surface area is 140 Å². The minimum Gasteiger partial charge on any atom is -0.360 e. The molecule has 0 aliphatic rings. The zero-order valence-corrected chi connectivity index (χ0v) is 13.3. The second-order valence-electron chi connectivity index (χ2n) is 4.71. The second-order valence-corrected chi connectivity index (χ2v) is 6.09. The molecule has 1 N–H and O–H groups in total. The summed E-state index contributed by atoms with van der Waals surface area (Å²) < 4.78 is 1.57. The third-order valence-electron chi connectivity index (χ3n) is 3.21. The molecule has 0 saturated heterocycles. The topological polar surface area (TPSA) is 80.9 Å². The van der Waals surface area contributed by atoms with Crippen molar-refractivity contribution < 1.29 is 0 Å². The lowest BCUT2D eigenvalue weighted by molar-refractivity contribution is 0.820. The van der Waals surface area contributed by atoms with Crippen LogP contribution in [0.25, 0.3) is 16.9 Å². The first-order valence-electron chi connectivity index (χ1n) is 6.76. The van der Waals surface area contributed by atoms with Gasteiger partial charge in [-0.1, -0.05) is 23.7 Å². The SMILES string of the molecule is Clc1ccc(-c2csc(CNc3nccn4nnnc34)n2)cc1. The van der Waals surface area contributed by atoms with Crippen molar-refractivity contribution in [2.24, 2.45) is 0 Å². The van der Waals surface area contributed by atoms with Gasteiger partial charge in [-0.05, 0) is 22.6 Å². The smallest absolute Gasteiger partial charge is 0.221 e. The van der Waals surface area contributed by atoms with E-state index >= 15 is 0 Å². The molecule has 0 spiro atoms. The molecule has 0 atom stereocenters. The molecule has 114 valence electrons. The highest BCUT2D eigenvalue weighted by atomic mass is 35.5. The van der Waals surface area contributed by atoms with Gasteiger partial charge in [0.25, 0.3) is 0 Å². The van der Waals surface area contributed by atoms with Crippen LogP contribution in [0.2, 0.25) is 5.02 Å². The van der Waals surface area contributed by atoms with E-state index in [0.717, 1.165) is 16.3 Å². The summed E-state index contributed by atoms with van der Waals surface area (Å²) in [5.41, 5.74) is 2.56.